The topological polar surface area (TPSA) is 41.1 Å². The van der Waals surface area contributed by atoms with Crippen molar-refractivity contribution in [1.82, 2.24) is 10.6 Å². The summed E-state index contributed by atoms with van der Waals surface area (Å²) in [5.74, 6) is 0. The molecule has 0 aliphatic heterocycles. The third kappa shape index (κ3) is 2.91. The second-order valence-electron chi connectivity index (χ2n) is 1.65. The van der Waals surface area contributed by atoms with E-state index in [1.165, 1.54) is 0 Å². The van der Waals surface area contributed by atoms with Crippen LogP contribution in [0.15, 0.2) is 24.4 Å². The van der Waals surface area contributed by atoms with Crippen LogP contribution in [0.2, 0.25) is 0 Å². The van der Waals surface area contributed by atoms with Crippen molar-refractivity contribution in [2.24, 2.45) is 0 Å². The quantitative estimate of drug-likeness (QED) is 0.552. The number of nitrogens with one attached hydrogen (secondary N) is 2. The predicted octanol–water partition coefficient (Wildman–Crippen LogP) is 1.01. The molecule has 0 aliphatic carbocycles. The van der Waals surface area contributed by atoms with Crippen LogP contribution in [0.3, 0.4) is 0 Å². The van der Waals surface area contributed by atoms with Gasteiger partial charge in [-0.2, -0.15) is 0 Å². The molecule has 0 radical (unpaired) electrons. The highest BCUT2D eigenvalue weighted by molar-refractivity contribution is 5.75. The summed E-state index contributed by atoms with van der Waals surface area (Å²) >= 11 is 0. The molecule has 3 heteroatoms. The summed E-state index contributed by atoms with van der Waals surface area (Å²) in [5.41, 5.74) is 0.708. The monoisotopic (exact) mass is 140 g/mol. The molecule has 0 aromatic heterocycles. The highest BCUT2D eigenvalue weighted by Crippen LogP contribution is 1.87. The molecule has 2 N–H and O–H groups in total. The second-order valence-corrected chi connectivity index (χ2v) is 1.65. The first-order chi connectivity index (χ1) is 4.74. The van der Waals surface area contributed by atoms with Crippen LogP contribution in [0.5, 0.6) is 0 Å². The Morgan fingerprint density at radius 2 is 2.20 bits per heavy atom. The summed E-state index contributed by atoms with van der Waals surface area (Å²) < 4.78 is 0. The van der Waals surface area contributed by atoms with Crippen molar-refractivity contribution in [1.29, 1.82) is 0 Å². The van der Waals surface area contributed by atoms with E-state index in [9.17, 15) is 4.79 Å². The van der Waals surface area contributed by atoms with Gasteiger partial charge in [-0.25, -0.2) is 4.79 Å². The first-order valence-electron chi connectivity index (χ1n) is 3.02. The van der Waals surface area contributed by atoms with E-state index < -0.39 is 0 Å². The third-order valence-corrected chi connectivity index (χ3v) is 1.02. The van der Waals surface area contributed by atoms with Crippen LogP contribution in [0.1, 0.15) is 6.92 Å². The van der Waals surface area contributed by atoms with Crippen LogP contribution >= 0.6 is 0 Å². The Morgan fingerprint density at radius 1 is 1.60 bits per heavy atom. The van der Waals surface area contributed by atoms with Crippen LogP contribution in [-0.4, -0.2) is 13.1 Å². The zero-order valence-electron chi connectivity index (χ0n) is 6.27. The number of rotatable bonds is 2. The van der Waals surface area contributed by atoms with Crippen LogP contribution in [-0.2, 0) is 0 Å². The summed E-state index contributed by atoms with van der Waals surface area (Å²) in [6.45, 7) is 5.33. The molecule has 56 valence electrons. The van der Waals surface area contributed by atoms with Crippen LogP contribution in [0.25, 0.3) is 0 Å². The summed E-state index contributed by atoms with van der Waals surface area (Å²) in [4.78, 5) is 10.6. The SMILES string of the molecule is C=C/C(=C\C)NC(=O)NC. The normalized spacial score (nSPS) is 10.4. The zero-order valence-corrected chi connectivity index (χ0v) is 6.27. The van der Waals surface area contributed by atoms with Gasteiger partial charge in [0.25, 0.3) is 0 Å². The van der Waals surface area contributed by atoms with Crippen molar-refractivity contribution in [3.63, 3.8) is 0 Å². The predicted molar refractivity (Wildman–Crippen MR) is 41.5 cm³/mol. The molecule has 0 aromatic carbocycles. The fraction of sp³-hybridized carbons (Fsp3) is 0.286. The van der Waals surface area contributed by atoms with Crippen LogP contribution < -0.4 is 10.6 Å². The molecule has 0 unspecified atom stereocenters. The number of amides is 2. The van der Waals surface area contributed by atoms with Gasteiger partial charge in [0.2, 0.25) is 0 Å². The van der Waals surface area contributed by atoms with Crippen molar-refractivity contribution >= 4 is 6.03 Å². The van der Waals surface area contributed by atoms with Gasteiger partial charge in [0.05, 0.1) is 0 Å². The van der Waals surface area contributed by atoms with Crippen LogP contribution in [0, 0.1) is 0 Å². The van der Waals surface area contributed by atoms with Gasteiger partial charge in [0.15, 0.2) is 0 Å². The number of urea groups is 1. The number of allylic oxidation sites excluding steroid dienone is 2. The van der Waals surface area contributed by atoms with E-state index in [4.69, 9.17) is 0 Å². The summed E-state index contributed by atoms with van der Waals surface area (Å²) in [6.07, 6.45) is 3.34. The van der Waals surface area contributed by atoms with Gasteiger partial charge in [-0.3, -0.25) is 0 Å². The maximum absolute atomic E-state index is 10.6. The van der Waals surface area contributed by atoms with Crippen molar-refractivity contribution in [2.45, 2.75) is 6.92 Å². The molecule has 0 heterocycles. The first kappa shape index (κ1) is 8.75. The van der Waals surface area contributed by atoms with E-state index in [-0.39, 0.29) is 6.03 Å². The lowest BCUT2D eigenvalue weighted by Crippen LogP contribution is -2.31. The van der Waals surface area contributed by atoms with E-state index in [0.29, 0.717) is 5.70 Å². The first-order valence-corrected chi connectivity index (χ1v) is 3.02. The van der Waals surface area contributed by atoms with Crippen LogP contribution in [0.4, 0.5) is 4.79 Å². The van der Waals surface area contributed by atoms with Gasteiger partial charge >= 0.3 is 6.03 Å². The fourth-order valence-corrected chi connectivity index (χ4v) is 0.435. The molecule has 0 saturated heterocycles. The second kappa shape index (κ2) is 4.61. The zero-order chi connectivity index (χ0) is 7.98. The lowest BCUT2D eigenvalue weighted by molar-refractivity contribution is 0.245. The Labute approximate surface area is 60.8 Å². The molecule has 0 aromatic rings. The van der Waals surface area contributed by atoms with Gasteiger partial charge in [-0.05, 0) is 13.0 Å². The Hall–Kier alpha value is -1.25. The smallest absolute Gasteiger partial charge is 0.318 e. The van der Waals surface area contributed by atoms with E-state index in [0.717, 1.165) is 0 Å². The van der Waals surface area contributed by atoms with Gasteiger partial charge in [-0.1, -0.05) is 12.7 Å². The van der Waals surface area contributed by atoms with E-state index >= 15 is 0 Å². The number of hydrogen-bond donors (Lipinski definition) is 2. The van der Waals surface area contributed by atoms with Gasteiger partial charge < -0.3 is 10.6 Å². The largest absolute Gasteiger partial charge is 0.341 e. The Balaban J connectivity index is 3.87. The standard InChI is InChI=1S/C7H12N2O/c1-4-6(5-2)9-7(10)8-3/h4-5H,1H2,2-3H3,(H2,8,9,10)/b6-5+. The minimum absolute atomic E-state index is 0.229. The maximum atomic E-state index is 10.6. The maximum Gasteiger partial charge on any atom is 0.318 e. The van der Waals surface area contributed by atoms with E-state index in [2.05, 4.69) is 17.2 Å². The summed E-state index contributed by atoms with van der Waals surface area (Å²) in [6, 6.07) is -0.229. The Bertz CT molecular complexity index is 161. The molecule has 0 rings (SSSR count). The molecule has 0 fully saturated rings. The summed E-state index contributed by atoms with van der Waals surface area (Å²) in [5, 5.41) is 4.98. The molecule has 0 spiro atoms. The Kier molecular flexibility index (Phi) is 4.04. The molecular weight excluding hydrogens is 128 g/mol. The molecule has 0 atom stereocenters. The van der Waals surface area contributed by atoms with Crippen molar-refractivity contribution < 1.29 is 4.79 Å². The van der Waals surface area contributed by atoms with Crippen molar-refractivity contribution in [3.8, 4) is 0 Å². The minimum Gasteiger partial charge on any atom is -0.341 e. The van der Waals surface area contributed by atoms with Crippen molar-refractivity contribution in [3.05, 3.63) is 24.4 Å². The van der Waals surface area contributed by atoms with Gasteiger partial charge in [0, 0.05) is 12.7 Å². The average Bonchev–Trinajstić information content (AvgIpc) is 1.99. The average molecular weight is 140 g/mol. The molecule has 10 heavy (non-hydrogen) atoms. The summed E-state index contributed by atoms with van der Waals surface area (Å²) in [7, 11) is 1.56. The molecule has 0 saturated carbocycles. The molecular formula is C7H12N2O. The number of carbonyl (C=O) groups excluding carboxylic acids is 1. The third-order valence-electron chi connectivity index (χ3n) is 1.02. The molecule has 3 nitrogen and oxygen atoms in total. The number of carbonyl (C=O) groups is 1. The fourth-order valence-electron chi connectivity index (χ4n) is 0.435. The Morgan fingerprint density at radius 3 is 2.50 bits per heavy atom. The molecule has 2 amide bonds. The highest BCUT2D eigenvalue weighted by Gasteiger charge is 1.94. The molecule has 0 bridgehead atoms. The van der Waals surface area contributed by atoms with Gasteiger partial charge in [0.1, 0.15) is 0 Å². The van der Waals surface area contributed by atoms with Gasteiger partial charge in [-0.15, -0.1) is 0 Å². The van der Waals surface area contributed by atoms with E-state index in [1.54, 1.807) is 19.2 Å². The highest BCUT2D eigenvalue weighted by atomic mass is 16.2. The molecule has 0 aliphatic rings. The van der Waals surface area contributed by atoms with Crippen molar-refractivity contribution in [2.75, 3.05) is 7.05 Å². The lowest BCUT2D eigenvalue weighted by atomic mass is 10.4. The minimum atomic E-state index is -0.229. The lowest BCUT2D eigenvalue weighted by Gasteiger charge is -2.02. The number of hydrogen-bond acceptors (Lipinski definition) is 1. The van der Waals surface area contributed by atoms with E-state index in [1.807, 2.05) is 6.92 Å².